The van der Waals surface area contributed by atoms with Crippen molar-refractivity contribution >= 4 is 29.5 Å². The van der Waals surface area contributed by atoms with Crippen molar-refractivity contribution in [3.8, 4) is 11.3 Å². The van der Waals surface area contributed by atoms with Crippen molar-refractivity contribution in [2.24, 2.45) is 5.16 Å². The Labute approximate surface area is 218 Å². The van der Waals surface area contributed by atoms with Crippen molar-refractivity contribution in [2.45, 2.75) is 51.8 Å². The standard InChI is InChI=1S/C26H30F3N5O4/c1-17(14-32-37-11-9-23(35)38-25(2,3)4)18-8-10-34-21(15-30-22(34)13-18)19-6-5-7-20(12-19)33-24(36)31-16-26(27,28)29/h5-8,10,12-15,17H,9,11,16H2,1-4H3,(H2,31,33,36). The van der Waals surface area contributed by atoms with Gasteiger partial charge in [-0.1, -0.05) is 24.2 Å². The molecule has 0 fully saturated rings. The zero-order valence-electron chi connectivity index (χ0n) is 21.5. The van der Waals surface area contributed by atoms with Gasteiger partial charge in [0, 0.05) is 23.4 Å². The predicted molar refractivity (Wildman–Crippen MR) is 137 cm³/mol. The van der Waals surface area contributed by atoms with Gasteiger partial charge in [0.05, 0.1) is 24.5 Å². The molecular weight excluding hydrogens is 503 g/mol. The van der Waals surface area contributed by atoms with E-state index in [9.17, 15) is 22.8 Å². The molecule has 3 rings (SSSR count). The van der Waals surface area contributed by atoms with Crippen LogP contribution in [0.1, 0.15) is 45.6 Å². The van der Waals surface area contributed by atoms with Gasteiger partial charge in [0.1, 0.15) is 24.4 Å². The average Bonchev–Trinajstić information content (AvgIpc) is 3.24. The van der Waals surface area contributed by atoms with Crippen molar-refractivity contribution in [3.63, 3.8) is 0 Å². The van der Waals surface area contributed by atoms with Crippen molar-refractivity contribution < 1.29 is 32.3 Å². The number of urea groups is 1. The maximum Gasteiger partial charge on any atom is 0.405 e. The smallest absolute Gasteiger partial charge is 0.405 e. The number of hydrogen-bond donors (Lipinski definition) is 2. The van der Waals surface area contributed by atoms with Gasteiger partial charge in [-0.3, -0.25) is 9.20 Å². The van der Waals surface area contributed by atoms with E-state index >= 15 is 0 Å². The third kappa shape index (κ3) is 8.79. The van der Waals surface area contributed by atoms with Crippen LogP contribution >= 0.6 is 0 Å². The Hall–Kier alpha value is -4.09. The van der Waals surface area contributed by atoms with E-state index in [1.165, 1.54) is 0 Å². The highest BCUT2D eigenvalue weighted by molar-refractivity contribution is 5.90. The second kappa shape index (κ2) is 12.0. The maximum atomic E-state index is 12.3. The number of pyridine rings is 1. The summed E-state index contributed by atoms with van der Waals surface area (Å²) in [5.41, 5.74) is 2.85. The zero-order chi connectivity index (χ0) is 27.9. The second-order valence-corrected chi connectivity index (χ2v) is 9.55. The minimum Gasteiger partial charge on any atom is -0.460 e. The van der Waals surface area contributed by atoms with Crippen LogP contribution in [0.15, 0.2) is 53.9 Å². The summed E-state index contributed by atoms with van der Waals surface area (Å²) in [6.45, 7) is 6.02. The molecular formula is C26H30F3N5O4. The summed E-state index contributed by atoms with van der Waals surface area (Å²) in [7, 11) is 0. The van der Waals surface area contributed by atoms with Crippen LogP contribution in [0.25, 0.3) is 16.9 Å². The molecule has 12 heteroatoms. The van der Waals surface area contributed by atoms with Crippen LogP contribution in [-0.4, -0.2) is 52.5 Å². The SMILES string of the molecule is CC(C=NOCCC(=O)OC(C)(C)C)c1ccn2c(-c3cccc(NC(=O)NCC(F)(F)F)c3)cnc2c1. The maximum absolute atomic E-state index is 12.3. The molecule has 38 heavy (non-hydrogen) atoms. The summed E-state index contributed by atoms with van der Waals surface area (Å²) >= 11 is 0. The third-order valence-electron chi connectivity index (χ3n) is 5.11. The Kier molecular flexibility index (Phi) is 8.97. The van der Waals surface area contributed by atoms with Crippen LogP contribution in [0.3, 0.4) is 0 Å². The molecule has 0 saturated carbocycles. The van der Waals surface area contributed by atoms with Gasteiger partial charge < -0.3 is 20.2 Å². The monoisotopic (exact) mass is 533 g/mol. The lowest BCUT2D eigenvalue weighted by Crippen LogP contribution is -2.36. The van der Waals surface area contributed by atoms with Gasteiger partial charge in [-0.05, 0) is 50.6 Å². The number of esters is 1. The number of hydrogen-bond acceptors (Lipinski definition) is 6. The van der Waals surface area contributed by atoms with Crippen molar-refractivity contribution in [1.82, 2.24) is 14.7 Å². The summed E-state index contributed by atoms with van der Waals surface area (Å²) in [6.07, 6.45) is 0.745. The third-order valence-corrected chi connectivity index (χ3v) is 5.11. The van der Waals surface area contributed by atoms with E-state index in [-0.39, 0.29) is 24.9 Å². The van der Waals surface area contributed by atoms with Gasteiger partial charge in [0.25, 0.3) is 0 Å². The van der Waals surface area contributed by atoms with Crippen LogP contribution in [0.4, 0.5) is 23.7 Å². The number of aromatic nitrogens is 2. The van der Waals surface area contributed by atoms with Crippen LogP contribution in [-0.2, 0) is 14.4 Å². The van der Waals surface area contributed by atoms with Crippen molar-refractivity contribution in [3.05, 3.63) is 54.4 Å². The number of nitrogens with zero attached hydrogens (tertiary/aromatic N) is 3. The average molecular weight is 534 g/mol. The molecule has 0 aliphatic rings. The molecule has 0 bridgehead atoms. The van der Waals surface area contributed by atoms with E-state index in [2.05, 4.69) is 15.5 Å². The quantitative estimate of drug-likeness (QED) is 0.163. The Morgan fingerprint density at radius 2 is 1.95 bits per heavy atom. The highest BCUT2D eigenvalue weighted by Gasteiger charge is 2.27. The molecule has 2 heterocycles. The number of fused-ring (bicyclic) bond motifs is 1. The Bertz CT molecular complexity index is 1300. The Balaban J connectivity index is 1.61. The van der Waals surface area contributed by atoms with Gasteiger partial charge in [0.15, 0.2) is 0 Å². The van der Waals surface area contributed by atoms with E-state index in [0.717, 1.165) is 11.3 Å². The fourth-order valence-electron chi connectivity index (χ4n) is 3.40. The predicted octanol–water partition coefficient (Wildman–Crippen LogP) is 5.52. The molecule has 1 unspecified atom stereocenters. The van der Waals surface area contributed by atoms with Gasteiger partial charge >= 0.3 is 18.2 Å². The molecule has 2 aromatic heterocycles. The molecule has 9 nitrogen and oxygen atoms in total. The molecule has 3 aromatic rings. The van der Waals surface area contributed by atoms with Crippen LogP contribution in [0.5, 0.6) is 0 Å². The molecule has 204 valence electrons. The van der Waals surface area contributed by atoms with Gasteiger partial charge in [-0.15, -0.1) is 0 Å². The highest BCUT2D eigenvalue weighted by atomic mass is 19.4. The molecule has 0 spiro atoms. The lowest BCUT2D eigenvalue weighted by molar-refractivity contribution is -0.156. The number of anilines is 1. The number of nitrogens with one attached hydrogen (secondary N) is 2. The fraction of sp³-hybridized carbons (Fsp3) is 0.385. The van der Waals surface area contributed by atoms with Crippen molar-refractivity contribution in [1.29, 1.82) is 0 Å². The highest BCUT2D eigenvalue weighted by Crippen LogP contribution is 2.25. The molecule has 0 aliphatic carbocycles. The van der Waals surface area contributed by atoms with Gasteiger partial charge in [-0.25, -0.2) is 9.78 Å². The first kappa shape index (κ1) is 28.5. The Morgan fingerprint density at radius 3 is 2.66 bits per heavy atom. The first-order valence-electron chi connectivity index (χ1n) is 11.9. The minimum absolute atomic E-state index is 0.0931. The summed E-state index contributed by atoms with van der Waals surface area (Å²) in [5.74, 6) is -0.447. The zero-order valence-corrected chi connectivity index (χ0v) is 21.5. The topological polar surface area (TPSA) is 106 Å². The number of oxime groups is 1. The number of carbonyl (C=O) groups is 2. The van der Waals surface area contributed by atoms with E-state index in [0.29, 0.717) is 16.9 Å². The first-order valence-corrected chi connectivity index (χ1v) is 11.9. The number of alkyl halides is 3. The molecule has 2 amide bonds. The first-order chi connectivity index (χ1) is 17.8. The second-order valence-electron chi connectivity index (χ2n) is 9.55. The summed E-state index contributed by atoms with van der Waals surface area (Å²) in [5, 5.41) is 8.12. The van der Waals surface area contributed by atoms with E-state index in [4.69, 9.17) is 9.57 Å². The molecule has 2 N–H and O–H groups in total. The van der Waals surface area contributed by atoms with Gasteiger partial charge in [0.2, 0.25) is 0 Å². The van der Waals surface area contributed by atoms with Crippen LogP contribution in [0, 0.1) is 0 Å². The fourth-order valence-corrected chi connectivity index (χ4v) is 3.40. The molecule has 1 aromatic carbocycles. The number of carbonyl (C=O) groups excluding carboxylic acids is 2. The lowest BCUT2D eigenvalue weighted by Gasteiger charge is -2.19. The molecule has 0 saturated heterocycles. The number of halogens is 3. The minimum atomic E-state index is -4.49. The normalized spacial score (nSPS) is 12.9. The number of benzene rings is 1. The van der Waals surface area contributed by atoms with Crippen molar-refractivity contribution in [2.75, 3.05) is 18.5 Å². The number of imidazole rings is 1. The largest absolute Gasteiger partial charge is 0.460 e. The summed E-state index contributed by atoms with van der Waals surface area (Å²) in [4.78, 5) is 33.1. The molecule has 1 atom stereocenters. The number of ether oxygens (including phenoxy) is 1. The summed E-state index contributed by atoms with van der Waals surface area (Å²) in [6, 6.07) is 9.56. The van der Waals surface area contributed by atoms with Crippen LogP contribution in [0.2, 0.25) is 0 Å². The molecule has 0 aliphatic heterocycles. The number of rotatable bonds is 9. The molecule has 0 radical (unpaired) electrons. The van der Waals surface area contributed by atoms with Crippen LogP contribution < -0.4 is 10.6 Å². The number of amides is 2. The van der Waals surface area contributed by atoms with E-state index in [1.807, 2.05) is 29.7 Å². The Morgan fingerprint density at radius 1 is 1.18 bits per heavy atom. The lowest BCUT2D eigenvalue weighted by atomic mass is 10.0. The summed E-state index contributed by atoms with van der Waals surface area (Å²) < 4.78 is 44.0. The van der Waals surface area contributed by atoms with E-state index < -0.39 is 24.4 Å². The van der Waals surface area contributed by atoms with Gasteiger partial charge in [-0.2, -0.15) is 13.2 Å². The van der Waals surface area contributed by atoms with E-state index in [1.54, 1.807) is 62.8 Å².